The molecule has 0 atom stereocenters. The van der Waals surface area contributed by atoms with Gasteiger partial charge in [0.15, 0.2) is 0 Å². The summed E-state index contributed by atoms with van der Waals surface area (Å²) in [4.78, 5) is 5.55. The lowest BCUT2D eigenvalue weighted by molar-refractivity contribution is 0.186. The topological polar surface area (TPSA) is 15.3 Å². The van der Waals surface area contributed by atoms with Gasteiger partial charge in [-0.1, -0.05) is 26.2 Å². The van der Waals surface area contributed by atoms with Gasteiger partial charge in [-0.15, -0.1) is 11.3 Å². The van der Waals surface area contributed by atoms with Gasteiger partial charge in [0.05, 0.1) is 0 Å². The molecule has 108 valence electrons. The first-order valence-corrected chi connectivity index (χ1v) is 8.59. The van der Waals surface area contributed by atoms with E-state index in [1.807, 2.05) is 11.3 Å². The molecule has 0 radical (unpaired) electrons. The summed E-state index contributed by atoms with van der Waals surface area (Å²) in [5.41, 5.74) is 0. The van der Waals surface area contributed by atoms with E-state index in [1.165, 1.54) is 48.3 Å². The molecule has 1 aromatic rings. The summed E-state index contributed by atoms with van der Waals surface area (Å²) in [5, 5.41) is 3.48. The highest BCUT2D eigenvalue weighted by Gasteiger charge is 2.18. The molecule has 1 fully saturated rings. The normalized spacial score (nSPS) is 17.2. The van der Waals surface area contributed by atoms with E-state index in [9.17, 15) is 0 Å². The molecule has 0 aliphatic heterocycles. The van der Waals surface area contributed by atoms with E-state index >= 15 is 0 Å². The number of thiophene rings is 1. The first-order valence-electron chi connectivity index (χ1n) is 7.78. The summed E-state index contributed by atoms with van der Waals surface area (Å²) in [5.74, 6) is 0. The maximum absolute atomic E-state index is 3.48. The molecule has 1 saturated carbocycles. The Balaban J connectivity index is 1.78. The molecule has 19 heavy (non-hydrogen) atoms. The Hall–Kier alpha value is -0.380. The molecule has 1 aliphatic rings. The van der Waals surface area contributed by atoms with Crippen molar-refractivity contribution in [3.05, 3.63) is 21.9 Å². The Morgan fingerprint density at radius 3 is 2.68 bits per heavy atom. The first-order chi connectivity index (χ1) is 9.29. The first kappa shape index (κ1) is 15.0. The molecular weight excluding hydrogens is 252 g/mol. The third-order valence-electron chi connectivity index (χ3n) is 4.05. The number of nitrogens with one attached hydrogen (secondary N) is 1. The van der Waals surface area contributed by atoms with Crippen molar-refractivity contribution in [2.24, 2.45) is 0 Å². The van der Waals surface area contributed by atoms with Crippen LogP contribution in [0.5, 0.6) is 0 Å². The zero-order valence-corrected chi connectivity index (χ0v) is 13.3. The molecule has 2 nitrogen and oxygen atoms in total. The third kappa shape index (κ3) is 4.90. The molecule has 0 spiro atoms. The van der Waals surface area contributed by atoms with Crippen LogP contribution in [0.1, 0.15) is 55.2 Å². The van der Waals surface area contributed by atoms with Crippen molar-refractivity contribution < 1.29 is 0 Å². The van der Waals surface area contributed by atoms with Crippen LogP contribution in [0.3, 0.4) is 0 Å². The van der Waals surface area contributed by atoms with Crippen molar-refractivity contribution in [3.63, 3.8) is 0 Å². The van der Waals surface area contributed by atoms with E-state index in [1.54, 1.807) is 0 Å². The minimum Gasteiger partial charge on any atom is -0.312 e. The average Bonchev–Trinajstić information content (AvgIpc) is 2.88. The molecule has 1 heterocycles. The smallest absolute Gasteiger partial charge is 0.0327 e. The summed E-state index contributed by atoms with van der Waals surface area (Å²) >= 11 is 1.97. The van der Waals surface area contributed by atoms with Crippen LogP contribution in [0.4, 0.5) is 0 Å². The minimum absolute atomic E-state index is 0.817. The van der Waals surface area contributed by atoms with Gasteiger partial charge in [0.25, 0.3) is 0 Å². The monoisotopic (exact) mass is 280 g/mol. The maximum atomic E-state index is 3.48. The number of nitrogens with zero attached hydrogens (tertiary/aromatic N) is 1. The number of rotatable bonds is 7. The quantitative estimate of drug-likeness (QED) is 0.759. The van der Waals surface area contributed by atoms with Crippen molar-refractivity contribution in [1.82, 2.24) is 10.2 Å². The van der Waals surface area contributed by atoms with Crippen LogP contribution in [0.25, 0.3) is 0 Å². The van der Waals surface area contributed by atoms with Crippen molar-refractivity contribution in [1.29, 1.82) is 0 Å². The van der Waals surface area contributed by atoms with Crippen LogP contribution in [0.2, 0.25) is 0 Å². The Labute approximate surface area is 122 Å². The van der Waals surface area contributed by atoms with Crippen molar-refractivity contribution in [2.75, 3.05) is 13.6 Å². The van der Waals surface area contributed by atoms with E-state index in [4.69, 9.17) is 0 Å². The zero-order chi connectivity index (χ0) is 13.5. The van der Waals surface area contributed by atoms with E-state index in [0.29, 0.717) is 0 Å². The van der Waals surface area contributed by atoms with E-state index < -0.39 is 0 Å². The Morgan fingerprint density at radius 2 is 1.95 bits per heavy atom. The second kappa shape index (κ2) is 8.03. The van der Waals surface area contributed by atoms with Gasteiger partial charge in [0.1, 0.15) is 0 Å². The lowest BCUT2D eigenvalue weighted by atomic mass is 9.94. The highest BCUT2D eigenvalue weighted by Crippen LogP contribution is 2.24. The summed E-state index contributed by atoms with van der Waals surface area (Å²) < 4.78 is 0. The third-order valence-corrected chi connectivity index (χ3v) is 5.12. The largest absolute Gasteiger partial charge is 0.312 e. The molecular formula is C16H28N2S. The van der Waals surface area contributed by atoms with Crippen LogP contribution in [0.15, 0.2) is 12.1 Å². The van der Waals surface area contributed by atoms with Gasteiger partial charge in [0.2, 0.25) is 0 Å². The number of hydrogen-bond acceptors (Lipinski definition) is 3. The second-order valence-electron chi connectivity index (χ2n) is 5.75. The summed E-state index contributed by atoms with van der Waals surface area (Å²) in [6.07, 6.45) is 8.29. The molecule has 1 N–H and O–H groups in total. The lowest BCUT2D eigenvalue weighted by Crippen LogP contribution is -2.32. The summed E-state index contributed by atoms with van der Waals surface area (Å²) in [7, 11) is 2.30. The Kier molecular flexibility index (Phi) is 6.35. The van der Waals surface area contributed by atoms with Gasteiger partial charge in [-0.25, -0.2) is 0 Å². The van der Waals surface area contributed by atoms with E-state index in [-0.39, 0.29) is 0 Å². The predicted molar refractivity (Wildman–Crippen MR) is 84.7 cm³/mol. The SMILES string of the molecule is CCCNCc1ccc(CN(C)C2CCCCC2)s1. The van der Waals surface area contributed by atoms with Crippen molar-refractivity contribution in [2.45, 2.75) is 64.6 Å². The minimum atomic E-state index is 0.817. The van der Waals surface area contributed by atoms with Gasteiger partial charge in [-0.3, -0.25) is 4.90 Å². The molecule has 0 aromatic carbocycles. The summed E-state index contributed by atoms with van der Waals surface area (Å²) in [6, 6.07) is 5.42. The van der Waals surface area contributed by atoms with Gasteiger partial charge in [-0.2, -0.15) is 0 Å². The highest BCUT2D eigenvalue weighted by molar-refractivity contribution is 7.11. The maximum Gasteiger partial charge on any atom is 0.0327 e. The van der Waals surface area contributed by atoms with Crippen LogP contribution < -0.4 is 5.32 Å². The molecule has 3 heteroatoms. The van der Waals surface area contributed by atoms with Gasteiger partial charge >= 0.3 is 0 Å². The van der Waals surface area contributed by atoms with Crippen molar-refractivity contribution in [3.8, 4) is 0 Å². The molecule has 0 amide bonds. The standard InChI is InChI=1S/C16H28N2S/c1-3-11-17-12-15-9-10-16(19-15)13-18(2)14-7-5-4-6-8-14/h9-10,14,17H,3-8,11-13H2,1-2H3. The lowest BCUT2D eigenvalue weighted by Gasteiger charge is -2.30. The molecule has 1 aromatic heterocycles. The molecule has 0 unspecified atom stereocenters. The Morgan fingerprint density at radius 1 is 1.21 bits per heavy atom. The van der Waals surface area contributed by atoms with Gasteiger partial charge in [-0.05, 0) is 45.0 Å². The van der Waals surface area contributed by atoms with Crippen LogP contribution >= 0.6 is 11.3 Å². The van der Waals surface area contributed by atoms with Gasteiger partial charge in [0, 0.05) is 28.9 Å². The second-order valence-corrected chi connectivity index (χ2v) is 7.00. The van der Waals surface area contributed by atoms with Crippen molar-refractivity contribution >= 4 is 11.3 Å². The molecule has 1 aliphatic carbocycles. The zero-order valence-electron chi connectivity index (χ0n) is 12.5. The fourth-order valence-corrected chi connectivity index (χ4v) is 3.94. The van der Waals surface area contributed by atoms with Gasteiger partial charge < -0.3 is 5.32 Å². The fraction of sp³-hybridized carbons (Fsp3) is 0.750. The molecule has 0 bridgehead atoms. The Bertz CT molecular complexity index is 355. The average molecular weight is 280 g/mol. The van der Waals surface area contributed by atoms with Crippen LogP contribution in [-0.2, 0) is 13.1 Å². The van der Waals surface area contributed by atoms with Crippen LogP contribution in [0, 0.1) is 0 Å². The molecule has 0 saturated heterocycles. The fourth-order valence-electron chi connectivity index (χ4n) is 2.89. The van der Waals surface area contributed by atoms with Crippen LogP contribution in [-0.4, -0.2) is 24.5 Å². The summed E-state index contributed by atoms with van der Waals surface area (Å²) in [6.45, 7) is 5.50. The molecule has 2 rings (SSSR count). The van der Waals surface area contributed by atoms with E-state index in [2.05, 4.69) is 36.3 Å². The van der Waals surface area contributed by atoms with E-state index in [0.717, 1.165) is 25.7 Å². The number of hydrogen-bond donors (Lipinski definition) is 1. The highest BCUT2D eigenvalue weighted by atomic mass is 32.1. The predicted octanol–water partition coefficient (Wildman–Crippen LogP) is 4.01.